The molecule has 1 aromatic rings. The van der Waals surface area contributed by atoms with Crippen LogP contribution in [0.4, 0.5) is 0 Å². The van der Waals surface area contributed by atoms with Crippen LogP contribution in [0, 0.1) is 5.92 Å². The van der Waals surface area contributed by atoms with Gasteiger partial charge in [-0.15, -0.1) is 0 Å². The summed E-state index contributed by atoms with van der Waals surface area (Å²) in [4.78, 5) is 12.5. The van der Waals surface area contributed by atoms with Crippen molar-refractivity contribution in [1.82, 2.24) is 5.32 Å². The summed E-state index contributed by atoms with van der Waals surface area (Å²) in [6, 6.07) is 6.46. The van der Waals surface area contributed by atoms with E-state index in [4.69, 9.17) is 0 Å². The van der Waals surface area contributed by atoms with Crippen LogP contribution in [0.25, 0.3) is 0 Å². The normalized spacial score (nSPS) is 23.8. The largest absolute Gasteiger partial charge is 0.352 e. The lowest BCUT2D eigenvalue weighted by atomic mass is 9.86. The Morgan fingerprint density at radius 2 is 1.82 bits per heavy atom. The van der Waals surface area contributed by atoms with Crippen molar-refractivity contribution in [2.45, 2.75) is 55.7 Å². The molecule has 0 spiro atoms. The molecular weight excluding hydrogens is 366 g/mol. The van der Waals surface area contributed by atoms with Gasteiger partial charge in [0.2, 0.25) is 5.91 Å². The third-order valence-electron chi connectivity index (χ3n) is 4.42. The van der Waals surface area contributed by atoms with Gasteiger partial charge >= 0.3 is 0 Å². The molecule has 0 radical (unpaired) electrons. The molecule has 1 fully saturated rings. The number of sulfone groups is 1. The zero-order valence-electron chi connectivity index (χ0n) is 12.9. The molecule has 0 saturated heterocycles. The first kappa shape index (κ1) is 17.5. The van der Waals surface area contributed by atoms with Gasteiger partial charge in [-0.3, -0.25) is 4.79 Å². The Balaban J connectivity index is 2.10. The topological polar surface area (TPSA) is 63.2 Å². The fourth-order valence-corrected chi connectivity index (χ4v) is 4.34. The monoisotopic (exact) mass is 387 g/mol. The van der Waals surface area contributed by atoms with Crippen LogP contribution < -0.4 is 5.32 Å². The minimum absolute atomic E-state index is 0.0869. The molecule has 0 heterocycles. The number of hydrogen-bond acceptors (Lipinski definition) is 3. The fourth-order valence-electron chi connectivity index (χ4n) is 2.80. The van der Waals surface area contributed by atoms with E-state index in [1.807, 2.05) is 0 Å². The van der Waals surface area contributed by atoms with Crippen molar-refractivity contribution in [3.63, 3.8) is 0 Å². The van der Waals surface area contributed by atoms with E-state index < -0.39 is 21.0 Å². The maximum atomic E-state index is 12.5. The summed E-state index contributed by atoms with van der Waals surface area (Å²) >= 11 is 3.28. The Hall–Kier alpha value is -0.880. The third kappa shape index (κ3) is 3.90. The summed E-state index contributed by atoms with van der Waals surface area (Å²) in [5, 5.41) is 1.85. The van der Waals surface area contributed by atoms with Crippen molar-refractivity contribution in [3.05, 3.63) is 28.7 Å². The van der Waals surface area contributed by atoms with Gasteiger partial charge in [0.15, 0.2) is 9.84 Å². The van der Waals surface area contributed by atoms with Gasteiger partial charge < -0.3 is 5.32 Å². The number of amides is 1. The highest BCUT2D eigenvalue weighted by Gasteiger charge is 2.32. The maximum absolute atomic E-state index is 12.5. The maximum Gasteiger partial charge on any atom is 0.238 e. The predicted octanol–water partition coefficient (Wildman–Crippen LogP) is 3.31. The molecule has 122 valence electrons. The van der Waals surface area contributed by atoms with Gasteiger partial charge in [-0.05, 0) is 49.9 Å². The summed E-state index contributed by atoms with van der Waals surface area (Å²) in [6.07, 6.45) is 4.28. The van der Waals surface area contributed by atoms with Gasteiger partial charge in [-0.2, -0.15) is 0 Å². The average Bonchev–Trinajstić information content (AvgIpc) is 2.49. The molecule has 6 heteroatoms. The molecule has 0 aliphatic heterocycles. The highest BCUT2D eigenvalue weighted by molar-refractivity contribution is 9.10. The molecular formula is C16H22BrNO3S. The molecule has 1 saturated carbocycles. The molecule has 3 atom stereocenters. The molecule has 4 nitrogen and oxygen atoms in total. The van der Waals surface area contributed by atoms with E-state index in [-0.39, 0.29) is 10.9 Å². The zero-order valence-corrected chi connectivity index (χ0v) is 15.3. The number of carbonyl (C=O) groups excluding carboxylic acids is 1. The highest BCUT2D eigenvalue weighted by Crippen LogP contribution is 2.25. The van der Waals surface area contributed by atoms with Gasteiger partial charge in [0.1, 0.15) is 5.25 Å². The lowest BCUT2D eigenvalue weighted by molar-refractivity contribution is -0.121. The van der Waals surface area contributed by atoms with E-state index in [1.165, 1.54) is 25.5 Å². The molecule has 22 heavy (non-hydrogen) atoms. The number of hydrogen-bond donors (Lipinski definition) is 1. The number of nitrogens with one attached hydrogen (secondary N) is 1. The molecule has 1 aliphatic rings. The number of carbonyl (C=O) groups is 1. The first-order valence-electron chi connectivity index (χ1n) is 7.62. The summed E-state index contributed by atoms with van der Waals surface area (Å²) in [6.45, 7) is 3.57. The third-order valence-corrected chi connectivity index (χ3v) is 7.02. The van der Waals surface area contributed by atoms with Crippen LogP contribution in [-0.4, -0.2) is 25.6 Å². The van der Waals surface area contributed by atoms with Crippen LogP contribution in [0.15, 0.2) is 33.6 Å². The lowest BCUT2D eigenvalue weighted by Gasteiger charge is -2.30. The first-order valence-corrected chi connectivity index (χ1v) is 9.96. The van der Waals surface area contributed by atoms with Gasteiger partial charge in [0, 0.05) is 10.5 Å². The van der Waals surface area contributed by atoms with E-state index in [1.54, 1.807) is 12.1 Å². The van der Waals surface area contributed by atoms with Crippen molar-refractivity contribution >= 4 is 31.7 Å². The Morgan fingerprint density at radius 3 is 2.41 bits per heavy atom. The van der Waals surface area contributed by atoms with Gasteiger partial charge in [0.25, 0.3) is 0 Å². The van der Waals surface area contributed by atoms with Crippen LogP contribution in [0.5, 0.6) is 0 Å². The lowest BCUT2D eigenvalue weighted by Crippen LogP contribution is -2.46. The second-order valence-electron chi connectivity index (χ2n) is 6.02. The van der Waals surface area contributed by atoms with Crippen LogP contribution >= 0.6 is 15.9 Å². The van der Waals surface area contributed by atoms with Crippen LogP contribution in [-0.2, 0) is 14.6 Å². The Labute approximate surface area is 140 Å². The Kier molecular flexibility index (Phi) is 5.66. The van der Waals surface area contributed by atoms with Gasteiger partial charge in [-0.25, -0.2) is 8.42 Å². The van der Waals surface area contributed by atoms with Crippen molar-refractivity contribution in [2.75, 3.05) is 0 Å². The molecule has 1 aromatic carbocycles. The van der Waals surface area contributed by atoms with E-state index in [0.29, 0.717) is 5.92 Å². The van der Waals surface area contributed by atoms with E-state index in [9.17, 15) is 13.2 Å². The molecule has 2 rings (SSSR count). The SMILES string of the molecule is CC1CCCCC1NC(=O)C(C)S(=O)(=O)c1ccc(Br)cc1. The minimum Gasteiger partial charge on any atom is -0.352 e. The summed E-state index contributed by atoms with van der Waals surface area (Å²) < 4.78 is 25.9. The second-order valence-corrected chi connectivity index (χ2v) is 9.20. The quantitative estimate of drug-likeness (QED) is 0.861. The van der Waals surface area contributed by atoms with Crippen molar-refractivity contribution < 1.29 is 13.2 Å². The molecule has 1 aliphatic carbocycles. The minimum atomic E-state index is -3.66. The Bertz CT molecular complexity index is 627. The summed E-state index contributed by atoms with van der Waals surface area (Å²) in [5.74, 6) is 0.00181. The second kappa shape index (κ2) is 7.13. The molecule has 0 aromatic heterocycles. The zero-order chi connectivity index (χ0) is 16.3. The fraction of sp³-hybridized carbons (Fsp3) is 0.562. The Morgan fingerprint density at radius 1 is 1.23 bits per heavy atom. The van der Waals surface area contributed by atoms with Crippen molar-refractivity contribution in [2.24, 2.45) is 5.92 Å². The van der Waals surface area contributed by atoms with Crippen molar-refractivity contribution in [1.29, 1.82) is 0 Å². The van der Waals surface area contributed by atoms with Crippen LogP contribution in [0.2, 0.25) is 0 Å². The van der Waals surface area contributed by atoms with E-state index in [0.717, 1.165) is 23.7 Å². The number of benzene rings is 1. The number of rotatable bonds is 4. The summed E-state index contributed by atoms with van der Waals surface area (Å²) in [5.41, 5.74) is 0. The molecule has 1 N–H and O–H groups in total. The number of halogens is 1. The van der Waals surface area contributed by atoms with Crippen molar-refractivity contribution in [3.8, 4) is 0 Å². The van der Waals surface area contributed by atoms with Crippen LogP contribution in [0.1, 0.15) is 39.5 Å². The van der Waals surface area contributed by atoms with E-state index in [2.05, 4.69) is 28.2 Å². The van der Waals surface area contributed by atoms with E-state index >= 15 is 0 Å². The summed E-state index contributed by atoms with van der Waals surface area (Å²) in [7, 11) is -3.66. The van der Waals surface area contributed by atoms with Gasteiger partial charge in [0.05, 0.1) is 4.90 Å². The molecule has 3 unspecified atom stereocenters. The highest BCUT2D eigenvalue weighted by atomic mass is 79.9. The smallest absolute Gasteiger partial charge is 0.238 e. The standard InChI is InChI=1S/C16H22BrNO3S/c1-11-5-3-4-6-15(11)18-16(19)12(2)22(20,21)14-9-7-13(17)8-10-14/h7-12,15H,3-6H2,1-2H3,(H,18,19). The first-order chi connectivity index (χ1) is 10.3. The molecule has 0 bridgehead atoms. The molecule has 1 amide bonds. The van der Waals surface area contributed by atoms with Gasteiger partial charge in [-0.1, -0.05) is 35.7 Å². The predicted molar refractivity (Wildman–Crippen MR) is 90.4 cm³/mol. The average molecular weight is 388 g/mol. The van der Waals surface area contributed by atoms with Crippen LogP contribution in [0.3, 0.4) is 0 Å².